The van der Waals surface area contributed by atoms with Gasteiger partial charge < -0.3 is 30.3 Å². The fraction of sp³-hybridized carbons (Fsp3) is 0.391. The Morgan fingerprint density at radius 3 is 2.03 bits per heavy atom. The average Bonchev–Trinajstić information content (AvgIpc) is 2.83. The lowest BCUT2D eigenvalue weighted by Crippen LogP contribution is -2.22. The maximum absolute atomic E-state index is 5.39. The van der Waals surface area contributed by atoms with Crippen LogP contribution in [0.1, 0.15) is 11.1 Å². The number of likely N-dealkylation sites (N-methyl/N-ethyl adjacent to an activating group) is 1. The summed E-state index contributed by atoms with van der Waals surface area (Å²) in [5.41, 5.74) is 2.21. The lowest BCUT2D eigenvalue weighted by molar-refractivity contribution is 0.354. The van der Waals surface area contributed by atoms with Crippen LogP contribution in [-0.2, 0) is 13.0 Å². The summed E-state index contributed by atoms with van der Waals surface area (Å²) < 4.78 is 10.7. The minimum Gasteiger partial charge on any atom is -0.493 e. The third kappa shape index (κ3) is 7.76. The highest BCUT2D eigenvalue weighted by Gasteiger charge is 2.08. The standard InChI is InChI=1S/C23H32N8O2/c1-31(2)14-13-26-22-28-21(29-23(30-22)27-16-18-7-10-24-11-8-18)25-12-9-17-5-6-19(32-3)20(15-17)33-4/h5-8,10-11,15H,9,12-14,16H2,1-4H3,(H3,25,26,27,28,29,30). The number of nitrogens with zero attached hydrogens (tertiary/aromatic N) is 5. The Morgan fingerprint density at radius 1 is 0.758 bits per heavy atom. The molecule has 0 spiro atoms. The maximum Gasteiger partial charge on any atom is 0.229 e. The van der Waals surface area contributed by atoms with Crippen LogP contribution in [0.3, 0.4) is 0 Å². The van der Waals surface area contributed by atoms with Gasteiger partial charge in [-0.1, -0.05) is 6.07 Å². The largest absolute Gasteiger partial charge is 0.493 e. The van der Waals surface area contributed by atoms with E-state index in [9.17, 15) is 0 Å². The average molecular weight is 453 g/mol. The number of rotatable bonds is 13. The van der Waals surface area contributed by atoms with Crippen molar-refractivity contribution in [2.45, 2.75) is 13.0 Å². The molecule has 10 heteroatoms. The number of methoxy groups -OCH3 is 2. The van der Waals surface area contributed by atoms with Gasteiger partial charge in [0, 0.05) is 38.6 Å². The molecule has 33 heavy (non-hydrogen) atoms. The van der Waals surface area contributed by atoms with Crippen LogP contribution in [0, 0.1) is 0 Å². The summed E-state index contributed by atoms with van der Waals surface area (Å²) in [6, 6.07) is 9.81. The van der Waals surface area contributed by atoms with Crippen LogP contribution < -0.4 is 25.4 Å². The van der Waals surface area contributed by atoms with Crippen molar-refractivity contribution in [1.82, 2.24) is 24.8 Å². The van der Waals surface area contributed by atoms with Crippen LogP contribution in [0.2, 0.25) is 0 Å². The second kappa shape index (κ2) is 12.4. The number of anilines is 3. The van der Waals surface area contributed by atoms with E-state index in [0.717, 1.165) is 30.6 Å². The molecule has 0 saturated heterocycles. The van der Waals surface area contributed by atoms with E-state index < -0.39 is 0 Å². The first-order chi connectivity index (χ1) is 16.1. The number of hydrogen-bond donors (Lipinski definition) is 3. The molecule has 0 aliphatic heterocycles. The summed E-state index contributed by atoms with van der Waals surface area (Å²) in [6.07, 6.45) is 4.30. The van der Waals surface area contributed by atoms with Gasteiger partial charge in [-0.05, 0) is 55.9 Å². The topological polar surface area (TPSA) is 109 Å². The molecule has 0 aliphatic rings. The zero-order valence-electron chi connectivity index (χ0n) is 19.6. The van der Waals surface area contributed by atoms with Crippen LogP contribution in [0.15, 0.2) is 42.7 Å². The minimum atomic E-state index is 0.503. The summed E-state index contributed by atoms with van der Waals surface area (Å²) in [6.45, 7) is 2.84. The Bertz CT molecular complexity index is 1000. The third-order valence-electron chi connectivity index (χ3n) is 4.82. The molecule has 0 bridgehead atoms. The molecule has 3 N–H and O–H groups in total. The molecule has 0 aliphatic carbocycles. The molecule has 10 nitrogen and oxygen atoms in total. The molecule has 0 radical (unpaired) electrons. The van der Waals surface area contributed by atoms with Gasteiger partial charge in [0.15, 0.2) is 11.5 Å². The first-order valence-electron chi connectivity index (χ1n) is 10.8. The molecule has 0 atom stereocenters. The van der Waals surface area contributed by atoms with Gasteiger partial charge in [0.2, 0.25) is 17.8 Å². The van der Waals surface area contributed by atoms with Crippen LogP contribution in [0.25, 0.3) is 0 Å². The Balaban J connectivity index is 1.65. The molecule has 2 aromatic heterocycles. The van der Waals surface area contributed by atoms with Crippen LogP contribution >= 0.6 is 0 Å². The van der Waals surface area contributed by atoms with Crippen molar-refractivity contribution in [3.63, 3.8) is 0 Å². The number of ether oxygens (including phenoxy) is 2. The highest BCUT2D eigenvalue weighted by atomic mass is 16.5. The summed E-state index contributed by atoms with van der Waals surface area (Å²) in [4.78, 5) is 19.7. The second-order valence-electron chi connectivity index (χ2n) is 7.61. The number of benzene rings is 1. The Labute approximate surface area is 194 Å². The fourth-order valence-corrected chi connectivity index (χ4v) is 3.04. The van der Waals surface area contributed by atoms with Gasteiger partial charge in [0.25, 0.3) is 0 Å². The summed E-state index contributed by atoms with van der Waals surface area (Å²) in [5, 5.41) is 9.84. The first-order valence-corrected chi connectivity index (χ1v) is 10.8. The molecular formula is C23H32N8O2. The van der Waals surface area contributed by atoms with Crippen molar-refractivity contribution in [2.24, 2.45) is 0 Å². The highest BCUT2D eigenvalue weighted by Crippen LogP contribution is 2.27. The van der Waals surface area contributed by atoms with E-state index in [1.165, 1.54) is 0 Å². The van der Waals surface area contributed by atoms with Crippen molar-refractivity contribution < 1.29 is 9.47 Å². The molecule has 0 amide bonds. The van der Waals surface area contributed by atoms with E-state index in [1.807, 2.05) is 44.4 Å². The number of hydrogen-bond acceptors (Lipinski definition) is 10. The molecule has 3 aromatic rings. The summed E-state index contributed by atoms with van der Waals surface area (Å²) >= 11 is 0. The number of pyridine rings is 1. The molecule has 2 heterocycles. The van der Waals surface area contributed by atoms with Crippen LogP contribution in [0.4, 0.5) is 17.8 Å². The zero-order chi connectivity index (χ0) is 23.5. The van der Waals surface area contributed by atoms with E-state index in [0.29, 0.717) is 42.4 Å². The van der Waals surface area contributed by atoms with E-state index in [2.05, 4.69) is 40.8 Å². The predicted octanol–water partition coefficient (Wildman–Crippen LogP) is 2.52. The van der Waals surface area contributed by atoms with Gasteiger partial charge in [0.1, 0.15) is 0 Å². The van der Waals surface area contributed by atoms with Crippen molar-refractivity contribution in [3.8, 4) is 11.5 Å². The van der Waals surface area contributed by atoms with Crippen LogP contribution in [0.5, 0.6) is 11.5 Å². The van der Waals surface area contributed by atoms with Crippen molar-refractivity contribution >= 4 is 17.8 Å². The summed E-state index contributed by atoms with van der Waals surface area (Å²) in [5.74, 6) is 2.96. The van der Waals surface area contributed by atoms with Gasteiger partial charge in [-0.2, -0.15) is 15.0 Å². The van der Waals surface area contributed by atoms with Gasteiger partial charge in [-0.25, -0.2) is 0 Å². The van der Waals surface area contributed by atoms with Crippen LogP contribution in [-0.4, -0.2) is 72.8 Å². The van der Waals surface area contributed by atoms with Gasteiger partial charge >= 0.3 is 0 Å². The molecular weight excluding hydrogens is 420 g/mol. The van der Waals surface area contributed by atoms with Crippen molar-refractivity contribution in [3.05, 3.63) is 53.9 Å². The lowest BCUT2D eigenvalue weighted by atomic mass is 10.1. The van der Waals surface area contributed by atoms with Crippen molar-refractivity contribution in [2.75, 3.05) is 63.9 Å². The molecule has 176 valence electrons. The SMILES string of the molecule is COc1ccc(CCNc2nc(NCCN(C)C)nc(NCc3ccncc3)n2)cc1OC. The molecule has 0 unspecified atom stereocenters. The summed E-state index contributed by atoms with van der Waals surface area (Å²) in [7, 11) is 7.32. The van der Waals surface area contributed by atoms with E-state index >= 15 is 0 Å². The number of aromatic nitrogens is 4. The Kier molecular flexibility index (Phi) is 9.01. The smallest absolute Gasteiger partial charge is 0.229 e. The first kappa shape index (κ1) is 24.0. The monoisotopic (exact) mass is 452 g/mol. The normalized spacial score (nSPS) is 10.7. The molecule has 0 saturated carbocycles. The van der Waals surface area contributed by atoms with Gasteiger partial charge in [-0.3, -0.25) is 4.98 Å². The Hall–Kier alpha value is -3.66. The fourth-order valence-electron chi connectivity index (χ4n) is 3.04. The predicted molar refractivity (Wildman–Crippen MR) is 130 cm³/mol. The van der Waals surface area contributed by atoms with Gasteiger partial charge in [-0.15, -0.1) is 0 Å². The minimum absolute atomic E-state index is 0.503. The maximum atomic E-state index is 5.39. The van der Waals surface area contributed by atoms with E-state index in [-0.39, 0.29) is 0 Å². The second-order valence-corrected chi connectivity index (χ2v) is 7.61. The van der Waals surface area contributed by atoms with Crippen molar-refractivity contribution in [1.29, 1.82) is 0 Å². The van der Waals surface area contributed by atoms with Gasteiger partial charge in [0.05, 0.1) is 14.2 Å². The molecule has 3 rings (SSSR count). The quantitative estimate of drug-likeness (QED) is 0.358. The molecule has 0 fully saturated rings. The number of nitrogens with one attached hydrogen (secondary N) is 3. The zero-order valence-corrected chi connectivity index (χ0v) is 19.6. The highest BCUT2D eigenvalue weighted by molar-refractivity contribution is 5.44. The third-order valence-corrected chi connectivity index (χ3v) is 4.82. The Morgan fingerprint density at radius 2 is 1.39 bits per heavy atom. The lowest BCUT2D eigenvalue weighted by Gasteiger charge is -2.13. The molecule has 1 aromatic carbocycles. The van der Waals surface area contributed by atoms with E-state index in [1.54, 1.807) is 26.6 Å². The van der Waals surface area contributed by atoms with E-state index in [4.69, 9.17) is 9.47 Å².